The van der Waals surface area contributed by atoms with Crippen LogP contribution in [0.3, 0.4) is 0 Å². The minimum atomic E-state index is 0.786. The van der Waals surface area contributed by atoms with E-state index in [0.29, 0.717) is 0 Å². The molecule has 0 aliphatic rings. The number of imidazole rings is 1. The third kappa shape index (κ3) is 1.65. The third-order valence-corrected chi connectivity index (χ3v) is 4.41. The smallest absolute Gasteiger partial charge is 0.212 e. The average Bonchev–Trinajstić information content (AvgIpc) is 2.89. The molecule has 0 spiro atoms. The molecule has 6 heteroatoms. The van der Waals surface area contributed by atoms with E-state index in [2.05, 4.69) is 17.0 Å². The van der Waals surface area contributed by atoms with Crippen LogP contribution in [0.4, 0.5) is 0 Å². The number of aromatic nitrogens is 3. The van der Waals surface area contributed by atoms with E-state index in [4.69, 9.17) is 11.6 Å². The van der Waals surface area contributed by atoms with Crippen molar-refractivity contribution in [1.29, 1.82) is 0 Å². The van der Waals surface area contributed by atoms with Gasteiger partial charge in [-0.2, -0.15) is 5.10 Å². The van der Waals surface area contributed by atoms with E-state index in [1.54, 1.807) is 11.3 Å². The Morgan fingerprint density at radius 3 is 3.00 bits per heavy atom. The highest BCUT2D eigenvalue weighted by Crippen LogP contribution is 2.29. The largest absolute Gasteiger partial charge is 0.217 e. The van der Waals surface area contributed by atoms with Crippen molar-refractivity contribution in [2.24, 2.45) is 0 Å². The molecule has 16 heavy (non-hydrogen) atoms. The molecular weight excluding hydrogens is 262 g/mol. The zero-order valence-electron chi connectivity index (χ0n) is 8.48. The van der Waals surface area contributed by atoms with E-state index in [1.165, 1.54) is 11.3 Å². The number of hydrogen-bond donors (Lipinski definition) is 0. The van der Waals surface area contributed by atoms with Crippen LogP contribution in [-0.4, -0.2) is 14.6 Å². The highest BCUT2D eigenvalue weighted by atomic mass is 35.5. The van der Waals surface area contributed by atoms with Crippen LogP contribution in [0, 0.1) is 0 Å². The predicted molar refractivity (Wildman–Crippen MR) is 68.6 cm³/mol. The molecule has 0 aliphatic carbocycles. The predicted octanol–water partition coefficient (Wildman–Crippen LogP) is 3.74. The van der Waals surface area contributed by atoms with Crippen LogP contribution in [0.1, 0.15) is 11.9 Å². The second-order valence-corrected chi connectivity index (χ2v) is 5.93. The number of nitrogens with zero attached hydrogens (tertiary/aromatic N) is 3. The Morgan fingerprint density at radius 2 is 2.38 bits per heavy atom. The molecule has 0 aromatic carbocycles. The van der Waals surface area contributed by atoms with Crippen molar-refractivity contribution in [3.63, 3.8) is 0 Å². The van der Waals surface area contributed by atoms with Gasteiger partial charge in [0.1, 0.15) is 5.01 Å². The second kappa shape index (κ2) is 3.84. The second-order valence-electron chi connectivity index (χ2n) is 3.34. The Labute approximate surface area is 105 Å². The lowest BCUT2D eigenvalue weighted by molar-refractivity contribution is 0.910. The number of aryl methyl sites for hydroxylation is 1. The van der Waals surface area contributed by atoms with Crippen LogP contribution < -0.4 is 0 Å². The minimum absolute atomic E-state index is 0.786. The Morgan fingerprint density at radius 1 is 1.50 bits per heavy atom. The molecule has 3 heterocycles. The van der Waals surface area contributed by atoms with Crippen molar-refractivity contribution >= 4 is 39.2 Å². The zero-order chi connectivity index (χ0) is 11.1. The molecular formula is C10H8ClN3S2. The average molecular weight is 270 g/mol. The summed E-state index contributed by atoms with van der Waals surface area (Å²) in [5, 5.41) is 7.55. The minimum Gasteiger partial charge on any atom is -0.217 e. The summed E-state index contributed by atoms with van der Waals surface area (Å²) >= 11 is 9.05. The maximum atomic E-state index is 5.90. The zero-order valence-corrected chi connectivity index (χ0v) is 10.9. The van der Waals surface area contributed by atoms with Crippen LogP contribution in [0.15, 0.2) is 17.6 Å². The fourth-order valence-corrected chi connectivity index (χ4v) is 3.16. The monoisotopic (exact) mass is 269 g/mol. The molecule has 0 saturated carbocycles. The lowest BCUT2D eigenvalue weighted by Gasteiger charge is -1.86. The molecule has 3 rings (SSSR count). The maximum absolute atomic E-state index is 5.90. The molecule has 0 aliphatic heterocycles. The van der Waals surface area contributed by atoms with Gasteiger partial charge in [0.2, 0.25) is 4.96 Å². The van der Waals surface area contributed by atoms with E-state index >= 15 is 0 Å². The lowest BCUT2D eigenvalue weighted by Crippen LogP contribution is -1.83. The van der Waals surface area contributed by atoms with E-state index in [0.717, 1.165) is 32.0 Å². The summed E-state index contributed by atoms with van der Waals surface area (Å²) < 4.78 is 2.62. The highest BCUT2D eigenvalue weighted by molar-refractivity contribution is 7.16. The van der Waals surface area contributed by atoms with Gasteiger partial charge in [-0.3, -0.25) is 0 Å². The fraction of sp³-hybridized carbons (Fsp3) is 0.200. The first-order valence-electron chi connectivity index (χ1n) is 4.86. The van der Waals surface area contributed by atoms with E-state index in [1.807, 2.05) is 22.2 Å². The lowest BCUT2D eigenvalue weighted by atomic mass is 10.3. The molecule has 0 amide bonds. The number of hydrogen-bond acceptors (Lipinski definition) is 4. The molecule has 0 unspecified atom stereocenters. The summed E-state index contributed by atoms with van der Waals surface area (Å²) in [7, 11) is 0. The van der Waals surface area contributed by atoms with Crippen LogP contribution >= 0.6 is 34.3 Å². The summed E-state index contributed by atoms with van der Waals surface area (Å²) in [6.07, 6.45) is 2.90. The van der Waals surface area contributed by atoms with Gasteiger partial charge in [0, 0.05) is 10.9 Å². The Hall–Kier alpha value is -0.910. The molecule has 0 radical (unpaired) electrons. The summed E-state index contributed by atoms with van der Waals surface area (Å²) in [5.41, 5.74) is 2.00. The van der Waals surface area contributed by atoms with Crippen molar-refractivity contribution in [3.05, 3.63) is 27.0 Å². The third-order valence-electron chi connectivity index (χ3n) is 2.25. The SMILES string of the molecule is CCc1nn2cc(-c3csc(Cl)c3)nc2s1. The molecule has 82 valence electrons. The molecule has 0 saturated heterocycles. The van der Waals surface area contributed by atoms with E-state index < -0.39 is 0 Å². The van der Waals surface area contributed by atoms with Crippen molar-refractivity contribution in [2.75, 3.05) is 0 Å². The normalized spacial score (nSPS) is 11.4. The van der Waals surface area contributed by atoms with Gasteiger partial charge in [0.05, 0.1) is 16.2 Å². The van der Waals surface area contributed by atoms with Crippen LogP contribution in [0.25, 0.3) is 16.2 Å². The quantitative estimate of drug-likeness (QED) is 0.709. The summed E-state index contributed by atoms with van der Waals surface area (Å²) in [6.45, 7) is 2.10. The highest BCUT2D eigenvalue weighted by Gasteiger charge is 2.09. The van der Waals surface area contributed by atoms with Gasteiger partial charge in [0.25, 0.3) is 0 Å². The molecule has 3 aromatic rings. The van der Waals surface area contributed by atoms with Crippen molar-refractivity contribution in [1.82, 2.24) is 14.6 Å². The summed E-state index contributed by atoms with van der Waals surface area (Å²) in [4.78, 5) is 5.47. The van der Waals surface area contributed by atoms with Gasteiger partial charge in [-0.25, -0.2) is 9.50 Å². The number of thiophene rings is 1. The maximum Gasteiger partial charge on any atom is 0.212 e. The first kappa shape index (κ1) is 10.3. The molecule has 0 N–H and O–H groups in total. The summed E-state index contributed by atoms with van der Waals surface area (Å²) in [5.74, 6) is 0. The fourth-order valence-electron chi connectivity index (χ4n) is 1.47. The van der Waals surface area contributed by atoms with Crippen molar-refractivity contribution < 1.29 is 0 Å². The molecule has 0 bridgehead atoms. The van der Waals surface area contributed by atoms with Crippen LogP contribution in [0.5, 0.6) is 0 Å². The Balaban J connectivity index is 2.09. The molecule has 3 aromatic heterocycles. The number of rotatable bonds is 2. The summed E-state index contributed by atoms with van der Waals surface area (Å²) in [6, 6.07) is 1.93. The van der Waals surface area contributed by atoms with E-state index in [-0.39, 0.29) is 0 Å². The van der Waals surface area contributed by atoms with Gasteiger partial charge in [-0.1, -0.05) is 29.9 Å². The van der Waals surface area contributed by atoms with Gasteiger partial charge in [0.15, 0.2) is 0 Å². The van der Waals surface area contributed by atoms with Crippen LogP contribution in [0.2, 0.25) is 4.34 Å². The van der Waals surface area contributed by atoms with Gasteiger partial charge in [-0.05, 0) is 12.5 Å². The molecule has 3 nitrogen and oxygen atoms in total. The molecule has 0 atom stereocenters. The standard InChI is InChI=1S/C10H8ClN3S2/c1-2-9-13-14-4-7(12-10(14)16-9)6-3-8(11)15-5-6/h3-5H,2H2,1H3. The Kier molecular flexibility index (Phi) is 2.46. The topological polar surface area (TPSA) is 30.2 Å². The van der Waals surface area contributed by atoms with Crippen molar-refractivity contribution in [3.8, 4) is 11.3 Å². The number of fused-ring (bicyclic) bond motifs is 1. The van der Waals surface area contributed by atoms with E-state index in [9.17, 15) is 0 Å². The van der Waals surface area contributed by atoms with Gasteiger partial charge in [-0.15, -0.1) is 11.3 Å². The first-order chi connectivity index (χ1) is 7.76. The van der Waals surface area contributed by atoms with Gasteiger partial charge >= 0.3 is 0 Å². The van der Waals surface area contributed by atoms with Crippen molar-refractivity contribution in [2.45, 2.75) is 13.3 Å². The van der Waals surface area contributed by atoms with Crippen LogP contribution in [-0.2, 0) is 6.42 Å². The first-order valence-corrected chi connectivity index (χ1v) is 6.93. The molecule has 0 fully saturated rings. The Bertz CT molecular complexity index is 606. The van der Waals surface area contributed by atoms with Gasteiger partial charge < -0.3 is 0 Å². The number of halogens is 1.